The number of halogens is 3. The molecular formula is C19H27F3N2. The second kappa shape index (κ2) is 7.87. The Hall–Kier alpha value is -1.07. The third-order valence-electron chi connectivity index (χ3n) is 5.36. The molecule has 1 aromatic carbocycles. The molecule has 5 heteroatoms. The van der Waals surface area contributed by atoms with E-state index < -0.39 is 12.1 Å². The maximum absolute atomic E-state index is 13.0. The summed E-state index contributed by atoms with van der Waals surface area (Å²) in [7, 11) is 0. The van der Waals surface area contributed by atoms with Crippen LogP contribution < -0.4 is 5.32 Å². The van der Waals surface area contributed by atoms with Gasteiger partial charge in [0.05, 0.1) is 5.92 Å². The van der Waals surface area contributed by atoms with E-state index in [-0.39, 0.29) is 12.5 Å². The van der Waals surface area contributed by atoms with Crippen LogP contribution in [0.5, 0.6) is 0 Å². The van der Waals surface area contributed by atoms with Crippen LogP contribution in [0.15, 0.2) is 30.3 Å². The largest absolute Gasteiger partial charge is 0.391 e. The molecule has 0 spiro atoms. The number of alkyl halides is 3. The summed E-state index contributed by atoms with van der Waals surface area (Å²) in [6.07, 6.45) is 0.250. The maximum atomic E-state index is 13.0. The lowest BCUT2D eigenvalue weighted by Crippen LogP contribution is -2.50. The van der Waals surface area contributed by atoms with E-state index in [0.29, 0.717) is 18.9 Å². The Kier molecular flexibility index (Phi) is 5.82. The molecule has 134 valence electrons. The molecule has 1 aromatic rings. The van der Waals surface area contributed by atoms with Crippen LogP contribution in [0.2, 0.25) is 0 Å². The highest BCUT2D eigenvalue weighted by Gasteiger charge is 2.42. The van der Waals surface area contributed by atoms with E-state index in [1.54, 1.807) is 0 Å². The van der Waals surface area contributed by atoms with Gasteiger partial charge in [-0.1, -0.05) is 36.8 Å². The van der Waals surface area contributed by atoms with Crippen LogP contribution in [0.1, 0.15) is 44.1 Å². The van der Waals surface area contributed by atoms with Crippen LogP contribution in [0.25, 0.3) is 0 Å². The first-order valence-corrected chi connectivity index (χ1v) is 9.10. The van der Waals surface area contributed by atoms with Crippen LogP contribution in [0, 0.1) is 5.92 Å². The van der Waals surface area contributed by atoms with Gasteiger partial charge in [-0.25, -0.2) is 0 Å². The molecule has 0 bridgehead atoms. The Bertz CT molecular complexity index is 503. The van der Waals surface area contributed by atoms with Crippen LogP contribution in [0.3, 0.4) is 0 Å². The van der Waals surface area contributed by atoms with Gasteiger partial charge in [0.2, 0.25) is 0 Å². The highest BCUT2D eigenvalue weighted by Crippen LogP contribution is 2.37. The van der Waals surface area contributed by atoms with Gasteiger partial charge in [-0.3, -0.25) is 4.90 Å². The zero-order valence-corrected chi connectivity index (χ0v) is 14.1. The van der Waals surface area contributed by atoms with Gasteiger partial charge in [0.1, 0.15) is 0 Å². The van der Waals surface area contributed by atoms with Crippen molar-refractivity contribution >= 4 is 0 Å². The van der Waals surface area contributed by atoms with Crippen molar-refractivity contribution in [1.29, 1.82) is 0 Å². The minimum atomic E-state index is -4.04. The van der Waals surface area contributed by atoms with Crippen LogP contribution in [0.4, 0.5) is 13.2 Å². The molecule has 2 aliphatic rings. The van der Waals surface area contributed by atoms with Crippen molar-refractivity contribution in [1.82, 2.24) is 10.2 Å². The molecule has 1 aliphatic heterocycles. The minimum absolute atomic E-state index is 0.0204. The average Bonchev–Trinajstić information content (AvgIpc) is 2.56. The van der Waals surface area contributed by atoms with Crippen molar-refractivity contribution in [2.75, 3.05) is 13.1 Å². The van der Waals surface area contributed by atoms with Crippen molar-refractivity contribution in [3.05, 3.63) is 35.9 Å². The number of nitrogens with one attached hydrogen (secondary N) is 1. The Morgan fingerprint density at radius 1 is 1.00 bits per heavy atom. The van der Waals surface area contributed by atoms with Gasteiger partial charge >= 0.3 is 6.18 Å². The molecule has 24 heavy (non-hydrogen) atoms. The lowest BCUT2D eigenvalue weighted by atomic mass is 9.84. The summed E-state index contributed by atoms with van der Waals surface area (Å²) in [5, 5.41) is 3.53. The number of nitrogens with zero attached hydrogens (tertiary/aromatic N) is 1. The third-order valence-corrected chi connectivity index (χ3v) is 5.36. The molecule has 0 aromatic heterocycles. The first-order valence-electron chi connectivity index (χ1n) is 9.10. The van der Waals surface area contributed by atoms with E-state index in [1.807, 2.05) is 18.2 Å². The summed E-state index contributed by atoms with van der Waals surface area (Å²) in [5.41, 5.74) is 1.30. The molecule has 1 aliphatic carbocycles. The highest BCUT2D eigenvalue weighted by atomic mass is 19.4. The van der Waals surface area contributed by atoms with E-state index >= 15 is 0 Å². The van der Waals surface area contributed by atoms with Crippen LogP contribution >= 0.6 is 0 Å². The number of hydrogen-bond donors (Lipinski definition) is 1. The summed E-state index contributed by atoms with van der Waals surface area (Å²) in [4.78, 5) is 2.42. The Morgan fingerprint density at radius 3 is 2.50 bits per heavy atom. The zero-order chi connectivity index (χ0) is 17.0. The van der Waals surface area contributed by atoms with Crippen molar-refractivity contribution in [3.63, 3.8) is 0 Å². The molecule has 3 unspecified atom stereocenters. The summed E-state index contributed by atoms with van der Waals surface area (Å²) in [6, 6.07) is 10.7. The number of benzene rings is 1. The van der Waals surface area contributed by atoms with Crippen molar-refractivity contribution in [2.45, 2.75) is 63.3 Å². The topological polar surface area (TPSA) is 15.3 Å². The van der Waals surface area contributed by atoms with E-state index in [9.17, 15) is 13.2 Å². The first kappa shape index (κ1) is 17.7. The third kappa shape index (κ3) is 4.96. The fourth-order valence-electron chi connectivity index (χ4n) is 4.15. The Morgan fingerprint density at radius 2 is 1.75 bits per heavy atom. The fraction of sp³-hybridized carbons (Fsp3) is 0.684. The number of hydrogen-bond acceptors (Lipinski definition) is 2. The molecule has 2 nitrogen and oxygen atoms in total. The van der Waals surface area contributed by atoms with E-state index in [4.69, 9.17) is 0 Å². The van der Waals surface area contributed by atoms with Gasteiger partial charge in [0.25, 0.3) is 0 Å². The first-order chi connectivity index (χ1) is 11.5. The molecular weight excluding hydrogens is 313 g/mol. The maximum Gasteiger partial charge on any atom is 0.391 e. The molecule has 0 amide bonds. The van der Waals surface area contributed by atoms with Gasteiger partial charge in [-0.15, -0.1) is 0 Å². The molecule has 3 rings (SSSR count). The van der Waals surface area contributed by atoms with Gasteiger partial charge in [0, 0.05) is 25.2 Å². The van der Waals surface area contributed by atoms with Crippen molar-refractivity contribution < 1.29 is 13.2 Å². The van der Waals surface area contributed by atoms with Crippen LogP contribution in [-0.2, 0) is 6.54 Å². The second-order valence-corrected chi connectivity index (χ2v) is 7.33. The predicted molar refractivity (Wildman–Crippen MR) is 89.7 cm³/mol. The molecule has 3 atom stereocenters. The van der Waals surface area contributed by atoms with Crippen molar-refractivity contribution in [2.24, 2.45) is 5.92 Å². The standard InChI is InChI=1S/C19H27F3N2/c20-19(21,22)16-8-4-9-17(12-16)23-18-10-5-11-24(14-18)13-15-6-2-1-3-7-15/h1-3,6-7,16-18,23H,4-5,8-14H2. The lowest BCUT2D eigenvalue weighted by molar-refractivity contribution is -0.184. The normalized spacial score (nSPS) is 29.5. The van der Waals surface area contributed by atoms with Crippen LogP contribution in [-0.4, -0.2) is 36.2 Å². The molecule has 1 N–H and O–H groups in total. The highest BCUT2D eigenvalue weighted by molar-refractivity contribution is 5.14. The summed E-state index contributed by atoms with van der Waals surface area (Å²) in [6.45, 7) is 2.93. The number of piperidine rings is 1. The summed E-state index contributed by atoms with van der Waals surface area (Å²) in [5.74, 6) is -1.12. The number of likely N-dealkylation sites (tertiary alicyclic amines) is 1. The quantitative estimate of drug-likeness (QED) is 0.876. The van der Waals surface area contributed by atoms with E-state index in [0.717, 1.165) is 38.9 Å². The Labute approximate surface area is 142 Å². The molecule has 1 heterocycles. The van der Waals surface area contributed by atoms with Gasteiger partial charge in [0.15, 0.2) is 0 Å². The monoisotopic (exact) mass is 340 g/mol. The molecule has 1 saturated carbocycles. The summed E-state index contributed by atoms with van der Waals surface area (Å²) >= 11 is 0. The Balaban J connectivity index is 1.50. The van der Waals surface area contributed by atoms with Gasteiger partial charge < -0.3 is 5.32 Å². The van der Waals surface area contributed by atoms with E-state index in [2.05, 4.69) is 22.3 Å². The minimum Gasteiger partial charge on any atom is -0.310 e. The predicted octanol–water partition coefficient (Wildman–Crippen LogP) is 4.36. The van der Waals surface area contributed by atoms with Gasteiger partial charge in [-0.05, 0) is 44.2 Å². The van der Waals surface area contributed by atoms with E-state index in [1.165, 1.54) is 5.56 Å². The molecule has 1 saturated heterocycles. The fourth-order valence-corrected chi connectivity index (χ4v) is 4.15. The van der Waals surface area contributed by atoms with Gasteiger partial charge in [-0.2, -0.15) is 13.2 Å². The molecule has 0 radical (unpaired) electrons. The van der Waals surface area contributed by atoms with Crippen molar-refractivity contribution in [3.8, 4) is 0 Å². The SMILES string of the molecule is FC(F)(F)C1CCCC(NC2CCCN(Cc3ccccc3)C2)C1. The molecule has 2 fully saturated rings. The summed E-state index contributed by atoms with van der Waals surface area (Å²) < 4.78 is 38.9. The lowest BCUT2D eigenvalue weighted by Gasteiger charge is -2.38. The zero-order valence-electron chi connectivity index (χ0n) is 14.1. The number of rotatable bonds is 4. The average molecular weight is 340 g/mol. The smallest absolute Gasteiger partial charge is 0.310 e. The second-order valence-electron chi connectivity index (χ2n) is 7.33.